The van der Waals surface area contributed by atoms with Crippen LogP contribution >= 0.6 is 0 Å². The van der Waals surface area contributed by atoms with Crippen LogP contribution in [0.3, 0.4) is 0 Å². The van der Waals surface area contributed by atoms with Crippen LogP contribution in [0.25, 0.3) is 10.8 Å². The Morgan fingerprint density at radius 1 is 1.03 bits per heavy atom. The molecule has 2 N–H and O–H groups in total. The molecule has 1 amide bonds. The smallest absolute Gasteiger partial charge is 0.272 e. The summed E-state index contributed by atoms with van der Waals surface area (Å²) in [6.07, 6.45) is 2.80. The lowest BCUT2D eigenvalue weighted by atomic mass is 9.97. The standard InChI is InChI=1S/C26H30FN5O2/c27-23-6-5-19(16-24-20-3-1-2-4-21(20)25(33)30-29-24)15-22(23)26(34)32-13-11-31(12-14-32)17-18-7-9-28-10-8-18/h1-6,15,18,28H,7-14,16-17H2,(H,30,33). The van der Waals surface area contributed by atoms with E-state index < -0.39 is 5.82 Å². The highest BCUT2D eigenvalue weighted by Crippen LogP contribution is 2.21. The van der Waals surface area contributed by atoms with Gasteiger partial charge < -0.3 is 10.2 Å². The molecule has 0 spiro atoms. The molecule has 8 heteroatoms. The monoisotopic (exact) mass is 463 g/mol. The van der Waals surface area contributed by atoms with Gasteiger partial charge in [-0.1, -0.05) is 24.3 Å². The molecule has 3 heterocycles. The van der Waals surface area contributed by atoms with Crippen molar-refractivity contribution in [3.63, 3.8) is 0 Å². The Bertz CT molecular complexity index is 1230. The van der Waals surface area contributed by atoms with Crippen molar-refractivity contribution in [2.24, 2.45) is 5.92 Å². The minimum absolute atomic E-state index is 0.0954. The van der Waals surface area contributed by atoms with E-state index in [1.807, 2.05) is 18.2 Å². The molecule has 178 valence electrons. The van der Waals surface area contributed by atoms with Crippen molar-refractivity contribution in [3.8, 4) is 0 Å². The maximum atomic E-state index is 14.7. The number of aromatic nitrogens is 2. The third kappa shape index (κ3) is 4.88. The first-order chi connectivity index (χ1) is 16.6. The maximum absolute atomic E-state index is 14.7. The van der Waals surface area contributed by atoms with Crippen LogP contribution in [0.2, 0.25) is 0 Å². The molecule has 0 saturated carbocycles. The molecular formula is C26H30FN5O2. The molecule has 2 aliphatic heterocycles. The van der Waals surface area contributed by atoms with Gasteiger partial charge in [0.2, 0.25) is 0 Å². The third-order valence-corrected chi connectivity index (χ3v) is 7.04. The van der Waals surface area contributed by atoms with Gasteiger partial charge >= 0.3 is 0 Å². The summed E-state index contributed by atoms with van der Waals surface area (Å²) in [5.74, 6) is -0.0550. The van der Waals surface area contributed by atoms with Crippen molar-refractivity contribution in [2.45, 2.75) is 19.3 Å². The minimum atomic E-state index is -0.509. The van der Waals surface area contributed by atoms with Crippen molar-refractivity contribution >= 4 is 16.7 Å². The summed E-state index contributed by atoms with van der Waals surface area (Å²) in [5, 5.41) is 11.5. The van der Waals surface area contributed by atoms with Gasteiger partial charge in [-0.15, -0.1) is 0 Å². The predicted molar refractivity (Wildman–Crippen MR) is 130 cm³/mol. The van der Waals surface area contributed by atoms with Crippen LogP contribution in [0.4, 0.5) is 4.39 Å². The molecule has 3 aromatic rings. The molecule has 2 fully saturated rings. The summed E-state index contributed by atoms with van der Waals surface area (Å²) in [4.78, 5) is 29.4. The highest BCUT2D eigenvalue weighted by Gasteiger charge is 2.26. The zero-order chi connectivity index (χ0) is 23.5. The van der Waals surface area contributed by atoms with Gasteiger partial charge in [-0.05, 0) is 55.6 Å². The van der Waals surface area contributed by atoms with Crippen molar-refractivity contribution < 1.29 is 9.18 Å². The Labute approximate surface area is 198 Å². The Kier molecular flexibility index (Phi) is 6.69. The molecule has 5 rings (SSSR count). The van der Waals surface area contributed by atoms with E-state index >= 15 is 0 Å². The van der Waals surface area contributed by atoms with Gasteiger partial charge in [-0.25, -0.2) is 9.49 Å². The number of amides is 1. The number of piperidine rings is 1. The number of halogens is 1. The average molecular weight is 464 g/mol. The largest absolute Gasteiger partial charge is 0.336 e. The van der Waals surface area contributed by atoms with Crippen LogP contribution in [0.15, 0.2) is 47.3 Å². The number of nitrogens with zero attached hydrogens (tertiary/aromatic N) is 3. The third-order valence-electron chi connectivity index (χ3n) is 7.04. The number of H-pyrrole nitrogens is 1. The van der Waals surface area contributed by atoms with Gasteiger partial charge in [0, 0.05) is 44.5 Å². The highest BCUT2D eigenvalue weighted by molar-refractivity contribution is 5.95. The number of hydrogen-bond acceptors (Lipinski definition) is 5. The molecule has 0 unspecified atom stereocenters. The number of nitrogens with one attached hydrogen (secondary N) is 2. The lowest BCUT2D eigenvalue weighted by Crippen LogP contribution is -2.50. The Hall–Kier alpha value is -3.10. The second kappa shape index (κ2) is 10.0. The Morgan fingerprint density at radius 2 is 1.76 bits per heavy atom. The number of fused-ring (bicyclic) bond motifs is 1. The number of piperazine rings is 1. The zero-order valence-corrected chi connectivity index (χ0v) is 19.2. The number of carbonyl (C=O) groups is 1. The first-order valence-electron chi connectivity index (χ1n) is 12.1. The second-order valence-electron chi connectivity index (χ2n) is 9.32. The van der Waals surface area contributed by atoms with E-state index in [9.17, 15) is 14.0 Å². The van der Waals surface area contributed by atoms with Gasteiger partial charge in [-0.3, -0.25) is 14.5 Å². The van der Waals surface area contributed by atoms with E-state index in [0.29, 0.717) is 30.6 Å². The van der Waals surface area contributed by atoms with E-state index in [1.54, 1.807) is 23.1 Å². The lowest BCUT2D eigenvalue weighted by molar-refractivity contribution is 0.0604. The van der Waals surface area contributed by atoms with E-state index in [1.165, 1.54) is 18.9 Å². The van der Waals surface area contributed by atoms with Crippen molar-refractivity contribution in [2.75, 3.05) is 45.8 Å². The summed E-state index contributed by atoms with van der Waals surface area (Å²) in [6.45, 7) is 6.12. The van der Waals surface area contributed by atoms with E-state index in [4.69, 9.17) is 0 Å². The normalized spacial score (nSPS) is 17.9. The molecule has 34 heavy (non-hydrogen) atoms. The van der Waals surface area contributed by atoms with Gasteiger partial charge in [0.05, 0.1) is 16.6 Å². The predicted octanol–water partition coefficient (Wildman–Crippen LogP) is 2.41. The van der Waals surface area contributed by atoms with Crippen LogP contribution in [0.5, 0.6) is 0 Å². The molecule has 7 nitrogen and oxygen atoms in total. The Morgan fingerprint density at radius 3 is 2.53 bits per heavy atom. The number of benzene rings is 2. The molecule has 2 aromatic carbocycles. The topological polar surface area (TPSA) is 81.3 Å². The van der Waals surface area contributed by atoms with Crippen LogP contribution in [-0.2, 0) is 6.42 Å². The SMILES string of the molecule is O=C(c1cc(Cc2n[nH]c(=O)c3ccccc23)ccc1F)N1CCN(CC2CCNCC2)CC1. The molecule has 0 atom stereocenters. The van der Waals surface area contributed by atoms with E-state index in [2.05, 4.69) is 20.4 Å². The van der Waals surface area contributed by atoms with Gasteiger partial charge in [-0.2, -0.15) is 5.10 Å². The molecule has 0 aliphatic carbocycles. The summed E-state index contributed by atoms with van der Waals surface area (Å²) in [5.41, 5.74) is 1.32. The van der Waals surface area contributed by atoms with Crippen LogP contribution in [0, 0.1) is 11.7 Å². The van der Waals surface area contributed by atoms with Crippen LogP contribution in [0.1, 0.15) is 34.5 Å². The molecule has 2 saturated heterocycles. The molecule has 0 bridgehead atoms. The first kappa shape index (κ1) is 22.7. The number of aromatic amines is 1. The fourth-order valence-electron chi connectivity index (χ4n) is 5.08. The van der Waals surface area contributed by atoms with Crippen molar-refractivity contribution in [3.05, 3.63) is 75.5 Å². The molecule has 2 aliphatic rings. The maximum Gasteiger partial charge on any atom is 0.272 e. The average Bonchev–Trinajstić information content (AvgIpc) is 2.88. The van der Waals surface area contributed by atoms with E-state index in [-0.39, 0.29) is 17.0 Å². The number of carbonyl (C=O) groups excluding carboxylic acids is 1. The molecular weight excluding hydrogens is 433 g/mol. The summed E-state index contributed by atoms with van der Waals surface area (Å²) < 4.78 is 14.7. The Balaban J connectivity index is 1.27. The minimum Gasteiger partial charge on any atom is -0.336 e. The second-order valence-corrected chi connectivity index (χ2v) is 9.32. The van der Waals surface area contributed by atoms with Gasteiger partial charge in [0.25, 0.3) is 11.5 Å². The molecule has 0 radical (unpaired) electrons. The fraction of sp³-hybridized carbons (Fsp3) is 0.423. The fourth-order valence-corrected chi connectivity index (χ4v) is 5.08. The van der Waals surface area contributed by atoms with Crippen LogP contribution < -0.4 is 10.9 Å². The highest BCUT2D eigenvalue weighted by atomic mass is 19.1. The summed E-state index contributed by atoms with van der Waals surface area (Å²) in [7, 11) is 0. The lowest BCUT2D eigenvalue weighted by Gasteiger charge is -2.37. The zero-order valence-electron chi connectivity index (χ0n) is 19.2. The summed E-state index contributed by atoms with van der Waals surface area (Å²) >= 11 is 0. The summed E-state index contributed by atoms with van der Waals surface area (Å²) in [6, 6.07) is 11.9. The van der Waals surface area contributed by atoms with Gasteiger partial charge in [0.1, 0.15) is 5.82 Å². The molecule has 1 aromatic heterocycles. The van der Waals surface area contributed by atoms with Crippen molar-refractivity contribution in [1.29, 1.82) is 0 Å². The first-order valence-corrected chi connectivity index (χ1v) is 12.1. The number of hydrogen-bond donors (Lipinski definition) is 2. The van der Waals surface area contributed by atoms with Crippen molar-refractivity contribution in [1.82, 2.24) is 25.3 Å². The van der Waals surface area contributed by atoms with Gasteiger partial charge in [0.15, 0.2) is 0 Å². The van der Waals surface area contributed by atoms with Crippen LogP contribution in [-0.4, -0.2) is 71.7 Å². The number of rotatable bonds is 5. The quantitative estimate of drug-likeness (QED) is 0.608. The van der Waals surface area contributed by atoms with E-state index in [0.717, 1.165) is 49.6 Å².